The molecule has 6 nitrogen and oxygen atoms in total. The van der Waals surface area contributed by atoms with E-state index in [1.165, 1.54) is 23.9 Å². The number of benzene rings is 2. The molecule has 0 N–H and O–H groups in total. The van der Waals surface area contributed by atoms with Crippen molar-refractivity contribution in [1.82, 2.24) is 14.5 Å². The molecule has 0 atom stereocenters. The smallest absolute Gasteiger partial charge is 0.351 e. The first kappa shape index (κ1) is 20.8. The predicted molar refractivity (Wildman–Crippen MR) is 117 cm³/mol. The fourth-order valence-corrected chi connectivity index (χ4v) is 3.78. The second-order valence-corrected chi connectivity index (χ2v) is 7.58. The van der Waals surface area contributed by atoms with Crippen LogP contribution in [0.4, 0.5) is 8.78 Å². The van der Waals surface area contributed by atoms with Crippen molar-refractivity contribution in [2.45, 2.75) is 26.2 Å². The number of nitrogens with zero attached hydrogens (tertiary/aromatic N) is 3. The number of rotatable bonds is 6. The molecule has 0 radical (unpaired) electrons. The van der Waals surface area contributed by atoms with Crippen LogP contribution in [-0.4, -0.2) is 14.5 Å². The van der Waals surface area contributed by atoms with Crippen molar-refractivity contribution in [2.24, 2.45) is 0 Å². The number of alkyl halides is 1. The zero-order chi connectivity index (χ0) is 22.8. The molecule has 5 rings (SSSR count). The first-order valence-electron chi connectivity index (χ1n) is 10.4. The average molecular weight is 447 g/mol. The van der Waals surface area contributed by atoms with Gasteiger partial charge in [-0.2, -0.15) is 4.98 Å². The number of ether oxygens (including phenoxy) is 2. The molecule has 3 heterocycles. The Labute approximate surface area is 188 Å². The molecule has 0 aliphatic carbocycles. The topological polar surface area (TPSA) is 66.2 Å². The van der Waals surface area contributed by atoms with Gasteiger partial charge < -0.3 is 9.47 Å². The minimum absolute atomic E-state index is 0.0680. The number of aryl methyl sites for hydroxylation is 1. The van der Waals surface area contributed by atoms with Gasteiger partial charge in [-0.15, -0.1) is 0 Å². The van der Waals surface area contributed by atoms with Gasteiger partial charge in [0.15, 0.2) is 0 Å². The van der Waals surface area contributed by atoms with E-state index in [9.17, 15) is 13.6 Å². The molecule has 0 saturated carbocycles. The van der Waals surface area contributed by atoms with E-state index < -0.39 is 12.5 Å². The van der Waals surface area contributed by atoms with Crippen molar-refractivity contribution >= 4 is 0 Å². The third kappa shape index (κ3) is 4.32. The van der Waals surface area contributed by atoms with Crippen molar-refractivity contribution in [3.63, 3.8) is 0 Å². The van der Waals surface area contributed by atoms with Crippen LogP contribution in [0.25, 0.3) is 11.3 Å². The summed E-state index contributed by atoms with van der Waals surface area (Å²) < 4.78 is 39.3. The molecule has 0 saturated heterocycles. The summed E-state index contributed by atoms with van der Waals surface area (Å²) >= 11 is 0. The Morgan fingerprint density at radius 3 is 2.70 bits per heavy atom. The van der Waals surface area contributed by atoms with E-state index in [-0.39, 0.29) is 23.7 Å². The van der Waals surface area contributed by atoms with Gasteiger partial charge in [0, 0.05) is 23.7 Å². The number of aromatic nitrogens is 3. The van der Waals surface area contributed by atoms with Gasteiger partial charge in [-0.05, 0) is 42.3 Å². The summed E-state index contributed by atoms with van der Waals surface area (Å²) in [5, 5.41) is 0. The van der Waals surface area contributed by atoms with Crippen LogP contribution >= 0.6 is 0 Å². The quantitative estimate of drug-likeness (QED) is 0.423. The fraction of sp³-hybridized carbons (Fsp3) is 0.160. The number of halogens is 2. The highest BCUT2D eigenvalue weighted by atomic mass is 19.1. The summed E-state index contributed by atoms with van der Waals surface area (Å²) in [4.78, 5) is 20.8. The molecule has 0 bridgehead atoms. The number of pyridine rings is 1. The molecule has 0 spiro atoms. The third-order valence-electron chi connectivity index (χ3n) is 5.45. The third-order valence-corrected chi connectivity index (χ3v) is 5.45. The Kier molecular flexibility index (Phi) is 5.56. The van der Waals surface area contributed by atoms with Crippen LogP contribution in [-0.2, 0) is 26.2 Å². The Morgan fingerprint density at radius 1 is 1.03 bits per heavy atom. The summed E-state index contributed by atoms with van der Waals surface area (Å²) in [6.45, 7) is -0.216. The van der Waals surface area contributed by atoms with Gasteiger partial charge in [0.05, 0.1) is 17.6 Å². The first-order valence-corrected chi connectivity index (χ1v) is 10.4. The number of hydrogen-bond acceptors (Lipinski definition) is 5. The number of fused-ring (bicyclic) bond motifs is 3. The van der Waals surface area contributed by atoms with Gasteiger partial charge in [0.2, 0.25) is 5.88 Å². The summed E-state index contributed by atoms with van der Waals surface area (Å²) in [6.07, 6.45) is 2.28. The molecule has 1 aliphatic heterocycles. The minimum Gasteiger partial charge on any atom is -0.471 e. The Balaban J connectivity index is 1.29. The Hall–Kier alpha value is -4.07. The molecule has 33 heavy (non-hydrogen) atoms. The minimum atomic E-state index is -0.913. The molecule has 8 heteroatoms. The van der Waals surface area contributed by atoms with Crippen LogP contribution < -0.4 is 15.2 Å². The lowest BCUT2D eigenvalue weighted by Crippen LogP contribution is -2.28. The Morgan fingerprint density at radius 2 is 1.88 bits per heavy atom. The standard InChI is InChI=1S/C25H19F2N3O3/c26-13-17-11-19(7-8-22(17)27)33-20-6-5-18(28-14-20)15-32-24-12-23-21-4-2-1-3-16(21)9-10-30(23)25(31)29-24/h1-8,11-12,14H,9-10,13,15H2. The van der Waals surface area contributed by atoms with Crippen molar-refractivity contribution in [3.8, 4) is 28.6 Å². The highest BCUT2D eigenvalue weighted by Crippen LogP contribution is 2.29. The monoisotopic (exact) mass is 447 g/mol. The Bertz CT molecular complexity index is 1370. The lowest BCUT2D eigenvalue weighted by Gasteiger charge is -2.21. The first-order chi connectivity index (χ1) is 16.1. The summed E-state index contributed by atoms with van der Waals surface area (Å²) in [5.41, 5.74) is 3.17. The molecule has 0 amide bonds. The molecule has 0 fully saturated rings. The van der Waals surface area contributed by atoms with Gasteiger partial charge >= 0.3 is 5.69 Å². The number of hydrogen-bond donors (Lipinski definition) is 0. The van der Waals surface area contributed by atoms with E-state index in [2.05, 4.69) is 16.0 Å². The van der Waals surface area contributed by atoms with Crippen LogP contribution in [0.15, 0.2) is 71.7 Å². The fourth-order valence-electron chi connectivity index (χ4n) is 3.78. The second kappa shape index (κ2) is 8.82. The molecule has 4 aromatic rings. The van der Waals surface area contributed by atoms with Gasteiger partial charge in [-0.3, -0.25) is 9.55 Å². The molecule has 2 aromatic carbocycles. The van der Waals surface area contributed by atoms with Crippen molar-refractivity contribution < 1.29 is 18.3 Å². The lowest BCUT2D eigenvalue weighted by atomic mass is 9.98. The zero-order valence-electron chi connectivity index (χ0n) is 17.5. The van der Waals surface area contributed by atoms with E-state index in [4.69, 9.17) is 9.47 Å². The SMILES string of the molecule is O=c1nc(OCc2ccc(Oc3ccc(F)c(CF)c3)cn2)cc2n1CCc1ccccc1-2. The van der Waals surface area contributed by atoms with Crippen LogP contribution in [0.2, 0.25) is 0 Å². The van der Waals surface area contributed by atoms with Crippen LogP contribution in [0.5, 0.6) is 17.4 Å². The van der Waals surface area contributed by atoms with Crippen LogP contribution in [0.3, 0.4) is 0 Å². The lowest BCUT2D eigenvalue weighted by molar-refractivity contribution is 0.286. The average Bonchev–Trinajstić information content (AvgIpc) is 2.84. The van der Waals surface area contributed by atoms with Crippen molar-refractivity contribution in [2.75, 3.05) is 0 Å². The highest BCUT2D eigenvalue weighted by molar-refractivity contribution is 5.66. The van der Waals surface area contributed by atoms with Gasteiger partial charge in [-0.1, -0.05) is 24.3 Å². The summed E-state index contributed by atoms with van der Waals surface area (Å²) in [7, 11) is 0. The normalized spacial score (nSPS) is 12.1. The summed E-state index contributed by atoms with van der Waals surface area (Å²) in [6, 6.07) is 17.0. The van der Waals surface area contributed by atoms with Gasteiger partial charge in [0.25, 0.3) is 0 Å². The van der Waals surface area contributed by atoms with Crippen molar-refractivity contribution in [3.05, 3.63) is 100.0 Å². The maximum Gasteiger partial charge on any atom is 0.351 e. The zero-order valence-corrected chi connectivity index (χ0v) is 17.5. The molecule has 166 valence electrons. The van der Waals surface area contributed by atoms with E-state index in [1.54, 1.807) is 22.8 Å². The predicted octanol–water partition coefficient (Wildman–Crippen LogP) is 4.84. The maximum absolute atomic E-state index is 13.4. The van der Waals surface area contributed by atoms with Crippen LogP contribution in [0, 0.1) is 5.82 Å². The molecule has 1 aliphatic rings. The van der Waals surface area contributed by atoms with Gasteiger partial charge in [0.1, 0.15) is 30.6 Å². The van der Waals surface area contributed by atoms with Crippen molar-refractivity contribution in [1.29, 1.82) is 0 Å². The van der Waals surface area contributed by atoms with E-state index >= 15 is 0 Å². The molecular formula is C25H19F2N3O3. The largest absolute Gasteiger partial charge is 0.471 e. The molecular weight excluding hydrogens is 428 g/mol. The van der Waals surface area contributed by atoms with E-state index in [0.29, 0.717) is 23.7 Å². The van der Waals surface area contributed by atoms with E-state index in [1.807, 2.05) is 18.2 Å². The van der Waals surface area contributed by atoms with Crippen LogP contribution in [0.1, 0.15) is 16.8 Å². The van der Waals surface area contributed by atoms with Gasteiger partial charge in [-0.25, -0.2) is 13.6 Å². The highest BCUT2D eigenvalue weighted by Gasteiger charge is 2.18. The maximum atomic E-state index is 13.4. The summed E-state index contributed by atoms with van der Waals surface area (Å²) in [5.74, 6) is 0.343. The van der Waals surface area contributed by atoms with E-state index in [0.717, 1.165) is 23.7 Å². The second-order valence-electron chi connectivity index (χ2n) is 7.58. The molecule has 0 unspecified atom stereocenters. The molecule has 2 aromatic heterocycles.